The zero-order chi connectivity index (χ0) is 13.1. The van der Waals surface area contributed by atoms with Crippen molar-refractivity contribution < 1.29 is 9.53 Å². The molecule has 1 aliphatic heterocycles. The summed E-state index contributed by atoms with van der Waals surface area (Å²) in [5.74, 6) is 0.123. The third kappa shape index (κ3) is 3.11. The first-order valence-electron chi connectivity index (χ1n) is 5.86. The summed E-state index contributed by atoms with van der Waals surface area (Å²) in [6.45, 7) is 1.36. The zero-order valence-corrected chi connectivity index (χ0v) is 11.0. The van der Waals surface area contributed by atoms with Gasteiger partial charge in [0.05, 0.1) is 6.10 Å². The molecule has 1 unspecified atom stereocenters. The third-order valence-electron chi connectivity index (χ3n) is 2.91. The summed E-state index contributed by atoms with van der Waals surface area (Å²) in [5.41, 5.74) is 6.02. The highest BCUT2D eigenvalue weighted by molar-refractivity contribution is 6.29. The van der Waals surface area contributed by atoms with Crippen LogP contribution in [0.15, 0.2) is 12.1 Å². The summed E-state index contributed by atoms with van der Waals surface area (Å²) in [6.07, 6.45) is 2.19. The monoisotopic (exact) mass is 269 g/mol. The molecule has 1 aromatic rings. The molecule has 1 saturated heterocycles. The Bertz CT molecular complexity index is 427. The number of nitrogens with zero attached hydrogens (tertiary/aromatic N) is 2. The van der Waals surface area contributed by atoms with E-state index in [0.29, 0.717) is 12.1 Å². The van der Waals surface area contributed by atoms with Gasteiger partial charge in [-0.05, 0) is 25.0 Å². The highest BCUT2D eigenvalue weighted by Crippen LogP contribution is 2.16. The molecule has 2 rings (SSSR count). The molecule has 0 spiro atoms. The second-order valence-corrected chi connectivity index (χ2v) is 4.81. The van der Waals surface area contributed by atoms with Crippen LogP contribution in [0.4, 0.5) is 5.82 Å². The Morgan fingerprint density at radius 2 is 2.44 bits per heavy atom. The number of nitrogen functional groups attached to an aromatic ring is 1. The highest BCUT2D eigenvalue weighted by atomic mass is 35.5. The summed E-state index contributed by atoms with van der Waals surface area (Å²) in [4.78, 5) is 17.6. The maximum absolute atomic E-state index is 12.2. The molecule has 0 aliphatic carbocycles. The molecule has 0 bridgehead atoms. The highest BCUT2D eigenvalue weighted by Gasteiger charge is 2.21. The predicted molar refractivity (Wildman–Crippen MR) is 69.6 cm³/mol. The topological polar surface area (TPSA) is 68.5 Å². The molecule has 1 atom stereocenters. The summed E-state index contributed by atoms with van der Waals surface area (Å²) in [6, 6.07) is 3.05. The van der Waals surface area contributed by atoms with Gasteiger partial charge in [-0.15, -0.1) is 0 Å². The van der Waals surface area contributed by atoms with Crippen LogP contribution in [0.5, 0.6) is 0 Å². The average molecular weight is 270 g/mol. The number of halogens is 1. The Labute approximate surface area is 111 Å². The van der Waals surface area contributed by atoms with Crippen molar-refractivity contribution in [2.75, 3.05) is 25.9 Å². The van der Waals surface area contributed by atoms with Crippen LogP contribution in [0.25, 0.3) is 0 Å². The number of carbonyl (C=O) groups excluding carboxylic acids is 1. The van der Waals surface area contributed by atoms with Crippen LogP contribution in [0.2, 0.25) is 5.15 Å². The van der Waals surface area contributed by atoms with Gasteiger partial charge in [-0.3, -0.25) is 4.79 Å². The van der Waals surface area contributed by atoms with Crippen LogP contribution in [0.3, 0.4) is 0 Å². The van der Waals surface area contributed by atoms with Crippen molar-refractivity contribution >= 4 is 23.3 Å². The largest absolute Gasteiger partial charge is 0.384 e. The van der Waals surface area contributed by atoms with Gasteiger partial charge in [0, 0.05) is 25.8 Å². The molecular weight excluding hydrogens is 254 g/mol. The number of amides is 1. The number of rotatable bonds is 3. The van der Waals surface area contributed by atoms with Gasteiger partial charge in [-0.25, -0.2) is 4.98 Å². The normalized spacial score (nSPS) is 18.9. The lowest BCUT2D eigenvalue weighted by Gasteiger charge is -2.21. The van der Waals surface area contributed by atoms with Gasteiger partial charge in [0.15, 0.2) is 0 Å². The number of hydrogen-bond donors (Lipinski definition) is 1. The maximum atomic E-state index is 12.2. The minimum absolute atomic E-state index is 0.124. The lowest BCUT2D eigenvalue weighted by Crippen LogP contribution is -2.34. The standard InChI is InChI=1S/C12H16ClN3O2/c1-16(7-9-3-2-4-18-9)12(17)8-5-10(13)15-11(14)6-8/h5-6,9H,2-4,7H2,1H3,(H2,14,15). The van der Waals surface area contributed by atoms with Gasteiger partial charge >= 0.3 is 0 Å². The molecule has 1 amide bonds. The van der Waals surface area contributed by atoms with Crippen LogP contribution in [-0.2, 0) is 4.74 Å². The third-order valence-corrected chi connectivity index (χ3v) is 3.10. The van der Waals surface area contributed by atoms with Gasteiger partial charge < -0.3 is 15.4 Å². The van der Waals surface area contributed by atoms with E-state index in [-0.39, 0.29) is 23.0 Å². The molecular formula is C12H16ClN3O2. The summed E-state index contributed by atoms with van der Waals surface area (Å²) >= 11 is 5.78. The van der Waals surface area contributed by atoms with E-state index in [1.807, 2.05) is 0 Å². The van der Waals surface area contributed by atoms with Crippen LogP contribution in [0, 0.1) is 0 Å². The van der Waals surface area contributed by atoms with Crippen LogP contribution in [-0.4, -0.2) is 42.1 Å². The van der Waals surface area contributed by atoms with E-state index in [1.165, 1.54) is 12.1 Å². The second kappa shape index (κ2) is 5.54. The molecule has 1 aromatic heterocycles. The number of ether oxygens (including phenoxy) is 1. The number of anilines is 1. The van der Waals surface area contributed by atoms with Gasteiger partial charge in [0.2, 0.25) is 0 Å². The van der Waals surface area contributed by atoms with Crippen molar-refractivity contribution in [2.45, 2.75) is 18.9 Å². The lowest BCUT2D eigenvalue weighted by atomic mass is 10.2. The average Bonchev–Trinajstić information content (AvgIpc) is 2.79. The van der Waals surface area contributed by atoms with Crippen molar-refractivity contribution in [3.63, 3.8) is 0 Å². The second-order valence-electron chi connectivity index (χ2n) is 4.42. The Kier molecular flexibility index (Phi) is 4.04. The van der Waals surface area contributed by atoms with Gasteiger partial charge in [-0.1, -0.05) is 11.6 Å². The zero-order valence-electron chi connectivity index (χ0n) is 10.2. The minimum atomic E-state index is -0.124. The molecule has 1 aliphatic rings. The SMILES string of the molecule is CN(CC1CCCO1)C(=O)c1cc(N)nc(Cl)c1. The van der Waals surface area contributed by atoms with Crippen molar-refractivity contribution in [2.24, 2.45) is 0 Å². The first-order valence-corrected chi connectivity index (χ1v) is 6.24. The number of likely N-dealkylation sites (N-methyl/N-ethyl adjacent to an activating group) is 1. The molecule has 18 heavy (non-hydrogen) atoms. The molecule has 0 aromatic carbocycles. The fourth-order valence-electron chi connectivity index (χ4n) is 2.04. The fraction of sp³-hybridized carbons (Fsp3) is 0.500. The smallest absolute Gasteiger partial charge is 0.253 e. The van der Waals surface area contributed by atoms with Crippen LogP contribution < -0.4 is 5.73 Å². The molecule has 2 N–H and O–H groups in total. The van der Waals surface area contributed by atoms with Crippen LogP contribution >= 0.6 is 11.6 Å². The molecule has 1 fully saturated rings. The van der Waals surface area contributed by atoms with Crippen molar-refractivity contribution in [3.8, 4) is 0 Å². The Morgan fingerprint density at radius 3 is 3.06 bits per heavy atom. The summed E-state index contributed by atoms with van der Waals surface area (Å²) < 4.78 is 5.50. The van der Waals surface area contributed by atoms with Crippen molar-refractivity contribution in [3.05, 3.63) is 22.8 Å². The lowest BCUT2D eigenvalue weighted by molar-refractivity contribution is 0.0587. The summed E-state index contributed by atoms with van der Waals surface area (Å²) in [5, 5.41) is 0.226. The van der Waals surface area contributed by atoms with E-state index in [1.54, 1.807) is 11.9 Å². The molecule has 98 valence electrons. The van der Waals surface area contributed by atoms with E-state index >= 15 is 0 Å². The predicted octanol–water partition coefficient (Wildman–Crippen LogP) is 1.57. The van der Waals surface area contributed by atoms with E-state index < -0.39 is 0 Å². The molecule has 0 radical (unpaired) electrons. The number of pyridine rings is 1. The number of hydrogen-bond acceptors (Lipinski definition) is 4. The first-order chi connectivity index (χ1) is 8.56. The van der Waals surface area contributed by atoms with E-state index in [4.69, 9.17) is 22.1 Å². The summed E-state index contributed by atoms with van der Waals surface area (Å²) in [7, 11) is 1.74. The molecule has 2 heterocycles. The maximum Gasteiger partial charge on any atom is 0.253 e. The fourth-order valence-corrected chi connectivity index (χ4v) is 2.25. The number of aromatic nitrogens is 1. The van der Waals surface area contributed by atoms with E-state index in [9.17, 15) is 4.79 Å². The van der Waals surface area contributed by atoms with Gasteiger partial charge in [0.25, 0.3) is 5.91 Å². The Balaban J connectivity index is 2.04. The van der Waals surface area contributed by atoms with Gasteiger partial charge in [-0.2, -0.15) is 0 Å². The minimum Gasteiger partial charge on any atom is -0.384 e. The number of carbonyl (C=O) groups is 1. The molecule has 0 saturated carbocycles. The quantitative estimate of drug-likeness (QED) is 0.846. The van der Waals surface area contributed by atoms with Gasteiger partial charge in [0.1, 0.15) is 11.0 Å². The Morgan fingerprint density at radius 1 is 1.67 bits per heavy atom. The van der Waals surface area contributed by atoms with Crippen molar-refractivity contribution in [1.82, 2.24) is 9.88 Å². The van der Waals surface area contributed by atoms with Crippen molar-refractivity contribution in [1.29, 1.82) is 0 Å². The molecule has 6 heteroatoms. The first kappa shape index (κ1) is 13.1. The van der Waals surface area contributed by atoms with Crippen LogP contribution in [0.1, 0.15) is 23.2 Å². The van der Waals surface area contributed by atoms with E-state index in [0.717, 1.165) is 19.4 Å². The molecule has 5 nitrogen and oxygen atoms in total. The number of nitrogens with two attached hydrogens (primary N) is 1. The van der Waals surface area contributed by atoms with E-state index in [2.05, 4.69) is 4.98 Å². The Hall–Kier alpha value is -1.33.